The number of aliphatic hydroxyl groups is 1. The van der Waals surface area contributed by atoms with Crippen LogP contribution < -0.4 is 0 Å². The second-order valence-corrected chi connectivity index (χ2v) is 4.60. The molecule has 0 radical (unpaired) electrons. The van der Waals surface area contributed by atoms with E-state index < -0.39 is 0 Å². The summed E-state index contributed by atoms with van der Waals surface area (Å²) >= 11 is 0. The fourth-order valence-electron chi connectivity index (χ4n) is 1.85. The number of amides is 1. The van der Waals surface area contributed by atoms with Crippen molar-refractivity contribution in [2.45, 2.75) is 32.7 Å². The summed E-state index contributed by atoms with van der Waals surface area (Å²) in [6, 6.07) is 6.84. The molecule has 2 N–H and O–H groups in total. The third-order valence-electron chi connectivity index (χ3n) is 2.77. The second-order valence-electron chi connectivity index (χ2n) is 4.60. The number of carbonyl (C=O) groups is 1. The molecular formula is C14H21NO3. The van der Waals surface area contributed by atoms with Gasteiger partial charge in [0.05, 0.1) is 6.42 Å². The molecule has 0 aliphatic rings. The number of aliphatic hydroxyl groups excluding tert-OH is 1. The fraction of sp³-hybridized carbons (Fsp3) is 0.500. The lowest BCUT2D eigenvalue weighted by Gasteiger charge is -2.26. The maximum Gasteiger partial charge on any atom is 0.227 e. The standard InChI is InChI=1S/C14H21NO3/c1-11(2)15(7-4-8-16)14(18)10-12-5-3-6-13(17)9-12/h3,5-6,9,11,16-17H,4,7-8,10H2,1-2H3. The highest BCUT2D eigenvalue weighted by molar-refractivity contribution is 5.79. The average Bonchev–Trinajstić information content (AvgIpc) is 2.29. The molecule has 18 heavy (non-hydrogen) atoms. The summed E-state index contributed by atoms with van der Waals surface area (Å²) in [6.07, 6.45) is 0.863. The van der Waals surface area contributed by atoms with Crippen molar-refractivity contribution in [3.63, 3.8) is 0 Å². The predicted molar refractivity (Wildman–Crippen MR) is 70.4 cm³/mol. The molecule has 0 atom stereocenters. The van der Waals surface area contributed by atoms with Crippen molar-refractivity contribution in [3.05, 3.63) is 29.8 Å². The molecule has 0 saturated carbocycles. The van der Waals surface area contributed by atoms with E-state index in [4.69, 9.17) is 5.11 Å². The highest BCUT2D eigenvalue weighted by Gasteiger charge is 2.16. The molecule has 4 heteroatoms. The van der Waals surface area contributed by atoms with Crippen molar-refractivity contribution in [1.82, 2.24) is 4.90 Å². The summed E-state index contributed by atoms with van der Waals surface area (Å²) in [5.74, 6) is 0.191. The molecule has 0 aromatic heterocycles. The Hall–Kier alpha value is -1.55. The van der Waals surface area contributed by atoms with E-state index in [0.29, 0.717) is 13.0 Å². The number of nitrogens with zero attached hydrogens (tertiary/aromatic N) is 1. The number of benzene rings is 1. The van der Waals surface area contributed by atoms with Crippen molar-refractivity contribution in [2.75, 3.05) is 13.2 Å². The molecule has 0 aliphatic carbocycles. The van der Waals surface area contributed by atoms with Crippen molar-refractivity contribution >= 4 is 5.91 Å². The molecule has 0 aliphatic heterocycles. The number of hydrogen-bond donors (Lipinski definition) is 2. The van der Waals surface area contributed by atoms with Gasteiger partial charge in [-0.25, -0.2) is 0 Å². The molecule has 1 aromatic carbocycles. The SMILES string of the molecule is CC(C)N(CCCO)C(=O)Cc1cccc(O)c1. The molecule has 0 fully saturated rings. The van der Waals surface area contributed by atoms with Gasteiger partial charge in [0, 0.05) is 19.2 Å². The average molecular weight is 251 g/mol. The van der Waals surface area contributed by atoms with E-state index in [-0.39, 0.29) is 30.7 Å². The van der Waals surface area contributed by atoms with Crippen LogP contribution in [-0.4, -0.2) is 40.2 Å². The van der Waals surface area contributed by atoms with E-state index >= 15 is 0 Å². The Bertz CT molecular complexity index is 390. The van der Waals surface area contributed by atoms with Gasteiger partial charge in [-0.3, -0.25) is 4.79 Å². The Morgan fingerprint density at radius 3 is 2.67 bits per heavy atom. The molecule has 100 valence electrons. The number of rotatable bonds is 6. The van der Waals surface area contributed by atoms with Gasteiger partial charge in [0.15, 0.2) is 0 Å². The predicted octanol–water partition coefficient (Wildman–Crippen LogP) is 1.55. The first kappa shape index (κ1) is 14.5. The lowest BCUT2D eigenvalue weighted by molar-refractivity contribution is -0.132. The number of hydrogen-bond acceptors (Lipinski definition) is 3. The first-order valence-corrected chi connectivity index (χ1v) is 6.23. The van der Waals surface area contributed by atoms with Gasteiger partial charge >= 0.3 is 0 Å². The van der Waals surface area contributed by atoms with Crippen molar-refractivity contribution in [3.8, 4) is 5.75 Å². The molecule has 0 spiro atoms. The van der Waals surface area contributed by atoms with Crippen LogP contribution in [0.15, 0.2) is 24.3 Å². The Morgan fingerprint density at radius 2 is 2.11 bits per heavy atom. The molecule has 0 saturated heterocycles. The zero-order valence-electron chi connectivity index (χ0n) is 11.0. The van der Waals surface area contributed by atoms with Crippen molar-refractivity contribution in [2.24, 2.45) is 0 Å². The van der Waals surface area contributed by atoms with E-state index in [1.807, 2.05) is 19.9 Å². The van der Waals surface area contributed by atoms with Crippen LogP contribution in [0.3, 0.4) is 0 Å². The summed E-state index contributed by atoms with van der Waals surface area (Å²) in [4.78, 5) is 13.9. The van der Waals surface area contributed by atoms with Crippen LogP contribution >= 0.6 is 0 Å². The van der Waals surface area contributed by atoms with Crippen LogP contribution in [0, 0.1) is 0 Å². The van der Waals surface area contributed by atoms with Gasteiger partial charge in [0.25, 0.3) is 0 Å². The van der Waals surface area contributed by atoms with Gasteiger partial charge in [-0.15, -0.1) is 0 Å². The topological polar surface area (TPSA) is 60.8 Å². The van der Waals surface area contributed by atoms with Gasteiger partial charge < -0.3 is 15.1 Å². The number of aromatic hydroxyl groups is 1. The molecule has 0 heterocycles. The number of carbonyl (C=O) groups excluding carboxylic acids is 1. The largest absolute Gasteiger partial charge is 0.508 e. The van der Waals surface area contributed by atoms with Crippen LogP contribution in [0.1, 0.15) is 25.8 Å². The Morgan fingerprint density at radius 1 is 1.39 bits per heavy atom. The van der Waals surface area contributed by atoms with Crippen LogP contribution in [0.2, 0.25) is 0 Å². The van der Waals surface area contributed by atoms with Crippen LogP contribution in [0.4, 0.5) is 0 Å². The first-order chi connectivity index (χ1) is 8.54. The normalized spacial score (nSPS) is 10.7. The van der Waals surface area contributed by atoms with E-state index in [1.165, 1.54) is 0 Å². The van der Waals surface area contributed by atoms with Crippen LogP contribution in [0.5, 0.6) is 5.75 Å². The summed E-state index contributed by atoms with van der Waals surface area (Å²) < 4.78 is 0. The van der Waals surface area contributed by atoms with Gasteiger partial charge in [-0.2, -0.15) is 0 Å². The van der Waals surface area contributed by atoms with E-state index in [0.717, 1.165) is 5.56 Å². The highest BCUT2D eigenvalue weighted by atomic mass is 16.3. The summed E-state index contributed by atoms with van der Waals surface area (Å²) in [5.41, 5.74) is 0.801. The smallest absolute Gasteiger partial charge is 0.227 e. The quantitative estimate of drug-likeness (QED) is 0.806. The zero-order valence-corrected chi connectivity index (χ0v) is 11.0. The Kier molecular flexibility index (Phi) is 5.65. The fourth-order valence-corrected chi connectivity index (χ4v) is 1.85. The van der Waals surface area contributed by atoms with Crippen molar-refractivity contribution in [1.29, 1.82) is 0 Å². The molecule has 0 bridgehead atoms. The molecule has 1 amide bonds. The maximum absolute atomic E-state index is 12.1. The molecule has 1 aromatic rings. The minimum absolute atomic E-state index is 0.0176. The first-order valence-electron chi connectivity index (χ1n) is 6.23. The third kappa shape index (κ3) is 4.37. The van der Waals surface area contributed by atoms with E-state index in [1.54, 1.807) is 23.1 Å². The maximum atomic E-state index is 12.1. The second kappa shape index (κ2) is 7.01. The molecular weight excluding hydrogens is 230 g/mol. The van der Waals surface area contributed by atoms with Gasteiger partial charge in [0.2, 0.25) is 5.91 Å². The Balaban J connectivity index is 2.66. The summed E-state index contributed by atoms with van der Waals surface area (Å²) in [7, 11) is 0. The zero-order chi connectivity index (χ0) is 13.5. The summed E-state index contributed by atoms with van der Waals surface area (Å²) in [6.45, 7) is 4.56. The summed E-state index contributed by atoms with van der Waals surface area (Å²) in [5, 5.41) is 18.2. The lowest BCUT2D eigenvalue weighted by atomic mass is 10.1. The lowest BCUT2D eigenvalue weighted by Crippen LogP contribution is -2.39. The number of phenols is 1. The van der Waals surface area contributed by atoms with Gasteiger partial charge in [0.1, 0.15) is 5.75 Å². The Labute approximate surface area is 108 Å². The molecule has 4 nitrogen and oxygen atoms in total. The van der Waals surface area contributed by atoms with Gasteiger partial charge in [-0.05, 0) is 38.0 Å². The number of phenolic OH excluding ortho intramolecular Hbond substituents is 1. The van der Waals surface area contributed by atoms with Crippen molar-refractivity contribution < 1.29 is 15.0 Å². The molecule has 0 unspecified atom stereocenters. The minimum Gasteiger partial charge on any atom is -0.508 e. The van der Waals surface area contributed by atoms with Crippen LogP contribution in [0.25, 0.3) is 0 Å². The van der Waals surface area contributed by atoms with Gasteiger partial charge in [-0.1, -0.05) is 12.1 Å². The van der Waals surface area contributed by atoms with E-state index in [9.17, 15) is 9.90 Å². The van der Waals surface area contributed by atoms with Crippen LogP contribution in [-0.2, 0) is 11.2 Å². The third-order valence-corrected chi connectivity index (χ3v) is 2.77. The van der Waals surface area contributed by atoms with E-state index in [2.05, 4.69) is 0 Å². The monoisotopic (exact) mass is 251 g/mol. The minimum atomic E-state index is 0.0176. The molecule has 1 rings (SSSR count). The highest BCUT2D eigenvalue weighted by Crippen LogP contribution is 2.13.